The van der Waals surface area contributed by atoms with Crippen LogP contribution in [0.3, 0.4) is 0 Å². The van der Waals surface area contributed by atoms with Crippen molar-refractivity contribution in [3.63, 3.8) is 0 Å². The summed E-state index contributed by atoms with van der Waals surface area (Å²) in [5.74, 6) is 0. The predicted molar refractivity (Wildman–Crippen MR) is 133 cm³/mol. The quantitative estimate of drug-likeness (QED) is 0.385. The number of amides is 2. The summed E-state index contributed by atoms with van der Waals surface area (Å²) in [5.41, 5.74) is 2.86. The Kier molecular flexibility index (Phi) is 7.19. The summed E-state index contributed by atoms with van der Waals surface area (Å²) in [5, 5.41) is 5.47. The first-order valence-corrected chi connectivity index (χ1v) is 12.1. The summed E-state index contributed by atoms with van der Waals surface area (Å²) in [6.07, 6.45) is 3.31. The molecule has 3 aromatic carbocycles. The Balaban J connectivity index is 1.49. The summed E-state index contributed by atoms with van der Waals surface area (Å²) >= 11 is 0. The van der Waals surface area contributed by atoms with Crippen LogP contribution in [0.25, 0.3) is 0 Å². The first kappa shape index (κ1) is 23.0. The maximum Gasteiger partial charge on any atom is 0.319 e. The van der Waals surface area contributed by atoms with Crippen LogP contribution in [0.2, 0.25) is 0 Å². The van der Waals surface area contributed by atoms with Crippen LogP contribution in [0.1, 0.15) is 11.1 Å². The standard InChI is InChI=1S/C26H24N4O3S/c31-26(28-19-21-15-17-27-18-16-21)29-23-11-13-25(14-12-23)34(32,33)30(24-9-5-2-6-10-24)20-22-7-3-1-4-8-22/h1-18H,19-20H2,(H2,28,29,31). The van der Waals surface area contributed by atoms with Gasteiger partial charge in [0.2, 0.25) is 0 Å². The van der Waals surface area contributed by atoms with Crippen molar-refractivity contribution in [2.24, 2.45) is 0 Å². The molecule has 2 amide bonds. The van der Waals surface area contributed by atoms with Crippen molar-refractivity contribution < 1.29 is 13.2 Å². The van der Waals surface area contributed by atoms with Gasteiger partial charge < -0.3 is 10.6 Å². The van der Waals surface area contributed by atoms with E-state index in [0.29, 0.717) is 17.9 Å². The van der Waals surface area contributed by atoms with Crippen LogP contribution in [0.15, 0.2) is 114 Å². The van der Waals surface area contributed by atoms with Crippen molar-refractivity contribution in [1.29, 1.82) is 0 Å². The van der Waals surface area contributed by atoms with E-state index >= 15 is 0 Å². The van der Waals surface area contributed by atoms with Gasteiger partial charge in [-0.15, -0.1) is 0 Å². The van der Waals surface area contributed by atoms with Gasteiger partial charge in [-0.05, 0) is 59.7 Å². The van der Waals surface area contributed by atoms with Crippen LogP contribution in [-0.4, -0.2) is 19.4 Å². The van der Waals surface area contributed by atoms with Crippen molar-refractivity contribution in [2.75, 3.05) is 9.62 Å². The van der Waals surface area contributed by atoms with Gasteiger partial charge in [-0.3, -0.25) is 9.29 Å². The highest BCUT2D eigenvalue weighted by atomic mass is 32.2. The molecule has 0 spiro atoms. The third-order valence-corrected chi connectivity index (χ3v) is 6.90. The summed E-state index contributed by atoms with van der Waals surface area (Å²) in [7, 11) is -3.84. The molecule has 1 heterocycles. The lowest BCUT2D eigenvalue weighted by molar-refractivity contribution is 0.251. The Morgan fingerprint density at radius 1 is 0.765 bits per heavy atom. The summed E-state index contributed by atoms with van der Waals surface area (Å²) in [6, 6.07) is 27.8. The molecule has 0 aliphatic rings. The smallest absolute Gasteiger partial charge is 0.319 e. The van der Waals surface area contributed by atoms with Gasteiger partial charge in [-0.1, -0.05) is 48.5 Å². The van der Waals surface area contributed by atoms with E-state index in [-0.39, 0.29) is 17.5 Å². The number of urea groups is 1. The molecular formula is C26H24N4O3S. The van der Waals surface area contributed by atoms with E-state index in [0.717, 1.165) is 11.1 Å². The Bertz CT molecular complexity index is 1320. The fourth-order valence-corrected chi connectivity index (χ4v) is 4.81. The minimum Gasteiger partial charge on any atom is -0.334 e. The van der Waals surface area contributed by atoms with Gasteiger partial charge in [-0.25, -0.2) is 13.2 Å². The number of rotatable bonds is 8. The molecule has 34 heavy (non-hydrogen) atoms. The van der Waals surface area contributed by atoms with E-state index in [2.05, 4.69) is 15.6 Å². The number of nitrogens with one attached hydrogen (secondary N) is 2. The van der Waals surface area contributed by atoms with E-state index < -0.39 is 10.0 Å². The Morgan fingerprint density at radius 2 is 1.38 bits per heavy atom. The highest BCUT2D eigenvalue weighted by Crippen LogP contribution is 2.26. The second-order valence-corrected chi connectivity index (χ2v) is 9.38. The minimum atomic E-state index is -3.84. The molecule has 0 atom stereocenters. The van der Waals surface area contributed by atoms with Crippen molar-refractivity contribution in [1.82, 2.24) is 10.3 Å². The lowest BCUT2D eigenvalue weighted by atomic mass is 10.2. The summed E-state index contributed by atoms with van der Waals surface area (Å²) in [6.45, 7) is 0.553. The second-order valence-electron chi connectivity index (χ2n) is 7.52. The van der Waals surface area contributed by atoms with Crippen LogP contribution in [0, 0.1) is 0 Å². The van der Waals surface area contributed by atoms with Gasteiger partial charge in [-0.2, -0.15) is 0 Å². The molecule has 7 nitrogen and oxygen atoms in total. The molecule has 0 fully saturated rings. The predicted octanol–water partition coefficient (Wildman–Crippen LogP) is 4.80. The number of anilines is 2. The first-order chi connectivity index (χ1) is 16.5. The van der Waals surface area contributed by atoms with E-state index in [1.54, 1.807) is 48.8 Å². The minimum absolute atomic E-state index is 0.134. The van der Waals surface area contributed by atoms with E-state index in [1.807, 2.05) is 48.5 Å². The molecule has 0 bridgehead atoms. The van der Waals surface area contributed by atoms with Crippen molar-refractivity contribution in [2.45, 2.75) is 18.0 Å². The van der Waals surface area contributed by atoms with Crippen molar-refractivity contribution >= 4 is 27.4 Å². The van der Waals surface area contributed by atoms with Crippen molar-refractivity contribution in [3.8, 4) is 0 Å². The molecule has 4 aromatic rings. The van der Waals surface area contributed by atoms with Crippen LogP contribution in [0.4, 0.5) is 16.2 Å². The number of sulfonamides is 1. The third kappa shape index (κ3) is 5.79. The van der Waals surface area contributed by atoms with Gasteiger partial charge in [0, 0.05) is 24.6 Å². The second kappa shape index (κ2) is 10.6. The van der Waals surface area contributed by atoms with Crippen LogP contribution in [0.5, 0.6) is 0 Å². The van der Waals surface area contributed by atoms with Crippen LogP contribution < -0.4 is 14.9 Å². The lowest BCUT2D eigenvalue weighted by Gasteiger charge is -2.25. The largest absolute Gasteiger partial charge is 0.334 e. The van der Waals surface area contributed by atoms with E-state index in [9.17, 15) is 13.2 Å². The Morgan fingerprint density at radius 3 is 2.03 bits per heavy atom. The number of carbonyl (C=O) groups is 1. The molecule has 1 aromatic heterocycles. The monoisotopic (exact) mass is 472 g/mol. The lowest BCUT2D eigenvalue weighted by Crippen LogP contribution is -2.30. The van der Waals surface area contributed by atoms with Gasteiger partial charge in [0.25, 0.3) is 10.0 Å². The fourth-order valence-electron chi connectivity index (χ4n) is 3.35. The molecule has 0 aliphatic carbocycles. The molecule has 172 valence electrons. The molecule has 4 rings (SSSR count). The Labute approximate surface area is 199 Å². The zero-order valence-corrected chi connectivity index (χ0v) is 19.2. The molecule has 0 radical (unpaired) electrons. The normalized spacial score (nSPS) is 10.9. The van der Waals surface area contributed by atoms with E-state index in [4.69, 9.17) is 0 Å². The topological polar surface area (TPSA) is 91.4 Å². The zero-order valence-electron chi connectivity index (χ0n) is 18.3. The summed E-state index contributed by atoms with van der Waals surface area (Å²) in [4.78, 5) is 16.3. The van der Waals surface area contributed by atoms with Crippen LogP contribution in [-0.2, 0) is 23.1 Å². The van der Waals surface area contributed by atoms with E-state index in [1.165, 1.54) is 16.4 Å². The van der Waals surface area contributed by atoms with Gasteiger partial charge in [0.15, 0.2) is 0 Å². The molecule has 0 saturated heterocycles. The van der Waals surface area contributed by atoms with Gasteiger partial charge in [0.05, 0.1) is 17.1 Å². The highest BCUT2D eigenvalue weighted by molar-refractivity contribution is 7.92. The molecule has 8 heteroatoms. The van der Waals surface area contributed by atoms with Crippen LogP contribution >= 0.6 is 0 Å². The average Bonchev–Trinajstić information content (AvgIpc) is 2.88. The highest BCUT2D eigenvalue weighted by Gasteiger charge is 2.25. The Hall–Kier alpha value is -4.17. The fraction of sp³-hybridized carbons (Fsp3) is 0.0769. The molecular weight excluding hydrogens is 448 g/mol. The van der Waals surface area contributed by atoms with Gasteiger partial charge >= 0.3 is 6.03 Å². The maximum absolute atomic E-state index is 13.6. The number of hydrogen-bond acceptors (Lipinski definition) is 4. The zero-order chi connectivity index (χ0) is 23.8. The molecule has 0 unspecified atom stereocenters. The number of carbonyl (C=O) groups excluding carboxylic acids is 1. The first-order valence-electron chi connectivity index (χ1n) is 10.7. The number of hydrogen-bond donors (Lipinski definition) is 2. The average molecular weight is 473 g/mol. The number of para-hydroxylation sites is 1. The number of nitrogens with zero attached hydrogens (tertiary/aromatic N) is 2. The number of pyridine rings is 1. The number of aromatic nitrogens is 1. The number of benzene rings is 3. The molecule has 0 aliphatic heterocycles. The van der Waals surface area contributed by atoms with Gasteiger partial charge in [0.1, 0.15) is 0 Å². The summed E-state index contributed by atoms with van der Waals surface area (Å²) < 4.78 is 28.5. The SMILES string of the molecule is O=C(NCc1ccncc1)Nc1ccc(S(=O)(=O)N(Cc2ccccc2)c2ccccc2)cc1. The molecule has 2 N–H and O–H groups in total. The van der Waals surface area contributed by atoms with Crippen molar-refractivity contribution in [3.05, 3.63) is 121 Å². The molecule has 0 saturated carbocycles. The maximum atomic E-state index is 13.6. The third-order valence-electron chi connectivity index (χ3n) is 5.12.